The molecule has 3 N–H and O–H groups in total. The maximum absolute atomic E-state index is 5.35. The van der Waals surface area contributed by atoms with Gasteiger partial charge in [-0.3, -0.25) is 10.8 Å². The summed E-state index contributed by atoms with van der Waals surface area (Å²) in [5.74, 6) is 5.35. The highest BCUT2D eigenvalue weighted by atomic mass is 15.2. The molecule has 0 aliphatic heterocycles. The van der Waals surface area contributed by atoms with Crippen LogP contribution in [0.1, 0.15) is 5.56 Å². The summed E-state index contributed by atoms with van der Waals surface area (Å²) in [7, 11) is 0. The third-order valence-electron chi connectivity index (χ3n) is 2.24. The Morgan fingerprint density at radius 2 is 2.07 bits per heavy atom. The molecule has 0 unspecified atom stereocenters. The molecule has 0 spiro atoms. The summed E-state index contributed by atoms with van der Waals surface area (Å²) in [6.45, 7) is 2.06. The number of nitrogens with one attached hydrogen (secondary N) is 1. The lowest BCUT2D eigenvalue weighted by atomic mass is 10.1. The van der Waals surface area contributed by atoms with Gasteiger partial charge in [-0.2, -0.15) is 0 Å². The van der Waals surface area contributed by atoms with Gasteiger partial charge in [-0.05, 0) is 25.1 Å². The molecule has 0 amide bonds. The second-order valence-corrected chi connectivity index (χ2v) is 3.44. The first kappa shape index (κ1) is 9.68. The zero-order valence-electron chi connectivity index (χ0n) is 8.57. The molecule has 1 heterocycles. The van der Waals surface area contributed by atoms with Gasteiger partial charge in [0.15, 0.2) is 0 Å². The van der Waals surface area contributed by atoms with Crippen LogP contribution in [0, 0.1) is 6.92 Å². The van der Waals surface area contributed by atoms with E-state index in [9.17, 15) is 0 Å². The number of anilines is 1. The van der Waals surface area contributed by atoms with Crippen LogP contribution in [0.5, 0.6) is 0 Å². The maximum atomic E-state index is 5.35. The lowest BCUT2D eigenvalue weighted by molar-refractivity contribution is 1.28. The van der Waals surface area contributed by atoms with E-state index in [4.69, 9.17) is 5.84 Å². The van der Waals surface area contributed by atoms with Gasteiger partial charge < -0.3 is 5.43 Å². The lowest BCUT2D eigenvalue weighted by Gasteiger charge is -2.04. The summed E-state index contributed by atoms with van der Waals surface area (Å²) < 4.78 is 0. The molecule has 1 aromatic carbocycles. The van der Waals surface area contributed by atoms with Gasteiger partial charge in [-0.15, -0.1) is 0 Å². The Bertz CT molecular complexity index is 466. The molecule has 3 heteroatoms. The second kappa shape index (κ2) is 4.11. The van der Waals surface area contributed by atoms with E-state index in [1.807, 2.05) is 24.3 Å². The standard InChI is InChI=1S/C12H13N3/c1-9-3-2-4-10(7-9)12-8-11(15-13)5-6-14-12/h2-8H,13H2,1H3,(H,14,15). The summed E-state index contributed by atoms with van der Waals surface area (Å²) in [5.41, 5.74) is 6.73. The van der Waals surface area contributed by atoms with Crippen molar-refractivity contribution in [3.8, 4) is 11.3 Å². The number of aryl methyl sites for hydroxylation is 1. The predicted octanol–water partition coefficient (Wildman–Crippen LogP) is 2.34. The fourth-order valence-corrected chi connectivity index (χ4v) is 1.48. The Morgan fingerprint density at radius 3 is 2.80 bits per heavy atom. The van der Waals surface area contributed by atoms with E-state index in [1.165, 1.54) is 5.56 Å². The first-order chi connectivity index (χ1) is 7.29. The molecule has 0 aliphatic carbocycles. The van der Waals surface area contributed by atoms with Gasteiger partial charge >= 0.3 is 0 Å². The number of hydrogen-bond acceptors (Lipinski definition) is 3. The van der Waals surface area contributed by atoms with E-state index in [0.29, 0.717) is 0 Å². The fourth-order valence-electron chi connectivity index (χ4n) is 1.48. The molecule has 3 nitrogen and oxygen atoms in total. The SMILES string of the molecule is Cc1cccc(-c2cc(NN)ccn2)c1. The topological polar surface area (TPSA) is 50.9 Å². The average molecular weight is 199 g/mol. The Kier molecular flexibility index (Phi) is 2.65. The number of benzene rings is 1. The van der Waals surface area contributed by atoms with Gasteiger partial charge in [0.1, 0.15) is 0 Å². The highest BCUT2D eigenvalue weighted by molar-refractivity contribution is 5.64. The van der Waals surface area contributed by atoms with E-state index in [2.05, 4.69) is 29.5 Å². The number of nitrogens with zero attached hydrogens (tertiary/aromatic N) is 1. The minimum atomic E-state index is 0.863. The van der Waals surface area contributed by atoms with Crippen LogP contribution in [-0.4, -0.2) is 4.98 Å². The summed E-state index contributed by atoms with van der Waals surface area (Å²) in [5, 5.41) is 0. The zero-order valence-corrected chi connectivity index (χ0v) is 8.57. The summed E-state index contributed by atoms with van der Waals surface area (Å²) >= 11 is 0. The van der Waals surface area contributed by atoms with Gasteiger partial charge in [-0.1, -0.05) is 23.8 Å². The minimum Gasteiger partial charge on any atom is -0.324 e. The number of nitrogens with two attached hydrogens (primary N) is 1. The van der Waals surface area contributed by atoms with Crippen LogP contribution in [-0.2, 0) is 0 Å². The van der Waals surface area contributed by atoms with E-state index in [1.54, 1.807) is 6.20 Å². The Balaban J connectivity index is 2.44. The average Bonchev–Trinajstić information content (AvgIpc) is 2.29. The van der Waals surface area contributed by atoms with Crippen molar-refractivity contribution < 1.29 is 0 Å². The number of rotatable bonds is 2. The van der Waals surface area contributed by atoms with E-state index < -0.39 is 0 Å². The molecule has 0 saturated heterocycles. The lowest BCUT2D eigenvalue weighted by Crippen LogP contribution is -2.06. The van der Waals surface area contributed by atoms with Crippen LogP contribution in [0.3, 0.4) is 0 Å². The predicted molar refractivity (Wildman–Crippen MR) is 62.2 cm³/mol. The largest absolute Gasteiger partial charge is 0.324 e. The number of hydrazine groups is 1. The van der Waals surface area contributed by atoms with Crippen LogP contribution >= 0.6 is 0 Å². The monoisotopic (exact) mass is 199 g/mol. The normalized spacial score (nSPS) is 10.0. The molecule has 0 fully saturated rings. The first-order valence-electron chi connectivity index (χ1n) is 4.79. The first-order valence-corrected chi connectivity index (χ1v) is 4.79. The molecule has 0 saturated carbocycles. The number of nitrogen functional groups attached to an aromatic ring is 1. The summed E-state index contributed by atoms with van der Waals surface area (Å²) in [6, 6.07) is 12.0. The van der Waals surface area contributed by atoms with Gasteiger partial charge in [0.25, 0.3) is 0 Å². The molecule has 0 atom stereocenters. The molecule has 1 aromatic heterocycles. The van der Waals surface area contributed by atoms with E-state index in [-0.39, 0.29) is 0 Å². The van der Waals surface area contributed by atoms with Crippen molar-refractivity contribution in [3.63, 3.8) is 0 Å². The van der Waals surface area contributed by atoms with E-state index >= 15 is 0 Å². The quantitative estimate of drug-likeness (QED) is 0.576. The van der Waals surface area contributed by atoms with Crippen molar-refractivity contribution in [2.45, 2.75) is 6.92 Å². The van der Waals surface area contributed by atoms with Gasteiger partial charge in [0, 0.05) is 11.8 Å². The second-order valence-electron chi connectivity index (χ2n) is 3.44. The molecule has 76 valence electrons. The van der Waals surface area contributed by atoms with Crippen molar-refractivity contribution in [1.82, 2.24) is 4.98 Å². The Hall–Kier alpha value is -1.87. The molecule has 0 aliphatic rings. The number of hydrogen-bond donors (Lipinski definition) is 2. The third-order valence-corrected chi connectivity index (χ3v) is 2.24. The fraction of sp³-hybridized carbons (Fsp3) is 0.0833. The van der Waals surface area contributed by atoms with Crippen LogP contribution in [0.2, 0.25) is 0 Å². The molecule has 2 aromatic rings. The summed E-state index contributed by atoms with van der Waals surface area (Å²) in [4.78, 5) is 4.30. The number of aromatic nitrogens is 1. The van der Waals surface area contributed by atoms with E-state index in [0.717, 1.165) is 16.9 Å². The van der Waals surface area contributed by atoms with Crippen LogP contribution < -0.4 is 11.3 Å². The smallest absolute Gasteiger partial charge is 0.0723 e. The molecule has 0 radical (unpaired) electrons. The van der Waals surface area contributed by atoms with Gasteiger partial charge in [0.2, 0.25) is 0 Å². The highest BCUT2D eigenvalue weighted by Crippen LogP contribution is 2.20. The Labute approximate surface area is 88.9 Å². The summed E-state index contributed by atoms with van der Waals surface area (Å²) in [6.07, 6.45) is 1.74. The van der Waals surface area contributed by atoms with Crippen LogP contribution in [0.25, 0.3) is 11.3 Å². The van der Waals surface area contributed by atoms with Crippen molar-refractivity contribution in [3.05, 3.63) is 48.2 Å². The number of pyridine rings is 1. The Morgan fingerprint density at radius 1 is 1.20 bits per heavy atom. The maximum Gasteiger partial charge on any atom is 0.0723 e. The highest BCUT2D eigenvalue weighted by Gasteiger charge is 1.99. The molecule has 0 bridgehead atoms. The van der Waals surface area contributed by atoms with Crippen molar-refractivity contribution in [2.75, 3.05) is 5.43 Å². The van der Waals surface area contributed by atoms with Gasteiger partial charge in [0.05, 0.1) is 11.4 Å². The third kappa shape index (κ3) is 2.14. The van der Waals surface area contributed by atoms with Crippen molar-refractivity contribution in [2.24, 2.45) is 5.84 Å². The molecule has 15 heavy (non-hydrogen) atoms. The minimum absolute atomic E-state index is 0.863. The van der Waals surface area contributed by atoms with Crippen molar-refractivity contribution in [1.29, 1.82) is 0 Å². The zero-order chi connectivity index (χ0) is 10.7. The molecule has 2 rings (SSSR count). The van der Waals surface area contributed by atoms with Crippen molar-refractivity contribution >= 4 is 5.69 Å². The van der Waals surface area contributed by atoms with Crippen LogP contribution in [0.4, 0.5) is 5.69 Å². The van der Waals surface area contributed by atoms with Crippen LogP contribution in [0.15, 0.2) is 42.6 Å². The molecular weight excluding hydrogens is 186 g/mol. The molecular formula is C12H13N3. The van der Waals surface area contributed by atoms with Gasteiger partial charge in [-0.25, -0.2) is 0 Å².